The van der Waals surface area contributed by atoms with Crippen LogP contribution in [0, 0.1) is 6.92 Å². The Morgan fingerprint density at radius 1 is 1.11 bits per heavy atom. The lowest BCUT2D eigenvalue weighted by atomic mass is 9.97. The molecule has 0 N–H and O–H groups in total. The largest absolute Gasteiger partial charge is 0.378 e. The van der Waals surface area contributed by atoms with E-state index >= 15 is 0 Å². The zero-order chi connectivity index (χ0) is 13.8. The van der Waals surface area contributed by atoms with Gasteiger partial charge in [-0.3, -0.25) is 0 Å². The van der Waals surface area contributed by atoms with Crippen molar-refractivity contribution in [2.45, 2.75) is 50.7 Å². The molecule has 3 heteroatoms. The highest BCUT2D eigenvalue weighted by Crippen LogP contribution is 2.58. The SMILES string of the molecule is CC.COC1C(c2ccc(C)cc2)SSC1(C)C. The topological polar surface area (TPSA) is 9.23 Å². The molecular weight excluding hydrogens is 260 g/mol. The summed E-state index contributed by atoms with van der Waals surface area (Å²) in [5.74, 6) is 0. The van der Waals surface area contributed by atoms with Crippen LogP contribution in [0.3, 0.4) is 0 Å². The average Bonchev–Trinajstić information content (AvgIpc) is 2.68. The minimum absolute atomic E-state index is 0.189. The first-order chi connectivity index (χ1) is 8.54. The molecule has 18 heavy (non-hydrogen) atoms. The molecule has 102 valence electrons. The van der Waals surface area contributed by atoms with Gasteiger partial charge in [0.15, 0.2) is 0 Å². The van der Waals surface area contributed by atoms with Crippen LogP contribution in [0.4, 0.5) is 0 Å². The first-order valence-corrected chi connectivity index (χ1v) is 8.70. The molecule has 2 rings (SSSR count). The standard InChI is InChI=1S/C13H18OS2.C2H6/c1-9-5-7-10(8-6-9)11-12(14-4)13(2,3)16-15-11;1-2/h5-8,11-12H,1-4H3;1-2H3. The Kier molecular flexibility index (Phi) is 6.09. The van der Waals surface area contributed by atoms with Crippen molar-refractivity contribution in [2.75, 3.05) is 7.11 Å². The van der Waals surface area contributed by atoms with E-state index in [4.69, 9.17) is 4.74 Å². The van der Waals surface area contributed by atoms with E-state index in [1.165, 1.54) is 11.1 Å². The van der Waals surface area contributed by atoms with E-state index < -0.39 is 0 Å². The van der Waals surface area contributed by atoms with Gasteiger partial charge in [-0.1, -0.05) is 65.3 Å². The molecule has 1 saturated heterocycles. The van der Waals surface area contributed by atoms with E-state index in [2.05, 4.69) is 45.0 Å². The predicted octanol–water partition coefficient (Wildman–Crippen LogP) is 5.25. The third-order valence-corrected chi connectivity index (χ3v) is 6.67. The molecule has 1 aromatic rings. The number of hydrogen-bond acceptors (Lipinski definition) is 3. The highest BCUT2D eigenvalue weighted by atomic mass is 33.1. The Morgan fingerprint density at radius 2 is 1.67 bits per heavy atom. The highest BCUT2D eigenvalue weighted by molar-refractivity contribution is 8.77. The molecule has 0 saturated carbocycles. The molecule has 1 aliphatic heterocycles. The van der Waals surface area contributed by atoms with Crippen LogP contribution in [0.2, 0.25) is 0 Å². The summed E-state index contributed by atoms with van der Waals surface area (Å²) in [5, 5.41) is 0.450. The molecule has 0 aromatic heterocycles. The van der Waals surface area contributed by atoms with Gasteiger partial charge in [0.25, 0.3) is 0 Å². The van der Waals surface area contributed by atoms with Crippen LogP contribution in [0.15, 0.2) is 24.3 Å². The lowest BCUT2D eigenvalue weighted by molar-refractivity contribution is 0.0792. The van der Waals surface area contributed by atoms with Crippen molar-refractivity contribution >= 4 is 21.6 Å². The van der Waals surface area contributed by atoms with Crippen LogP contribution in [0.5, 0.6) is 0 Å². The van der Waals surface area contributed by atoms with Gasteiger partial charge >= 0.3 is 0 Å². The summed E-state index contributed by atoms with van der Waals surface area (Å²) in [6, 6.07) is 8.80. The van der Waals surface area contributed by atoms with Crippen molar-refractivity contribution in [1.82, 2.24) is 0 Å². The van der Waals surface area contributed by atoms with Gasteiger partial charge in [-0.05, 0) is 26.3 Å². The van der Waals surface area contributed by atoms with Crippen molar-refractivity contribution in [3.8, 4) is 0 Å². The third-order valence-electron chi connectivity index (χ3n) is 2.99. The summed E-state index contributed by atoms with van der Waals surface area (Å²) in [6.45, 7) is 10.6. The second-order valence-corrected chi connectivity index (χ2v) is 7.77. The lowest BCUT2D eigenvalue weighted by Gasteiger charge is -2.27. The minimum atomic E-state index is 0.189. The van der Waals surface area contributed by atoms with Crippen molar-refractivity contribution < 1.29 is 4.74 Å². The van der Waals surface area contributed by atoms with Crippen molar-refractivity contribution in [3.05, 3.63) is 35.4 Å². The van der Waals surface area contributed by atoms with E-state index in [9.17, 15) is 0 Å². The Labute approximate surface area is 119 Å². The highest BCUT2D eigenvalue weighted by Gasteiger charge is 2.44. The summed E-state index contributed by atoms with van der Waals surface area (Å²) < 4.78 is 5.87. The average molecular weight is 284 g/mol. The molecule has 1 aromatic carbocycles. The summed E-state index contributed by atoms with van der Waals surface area (Å²) in [6.07, 6.45) is 0.283. The molecule has 2 atom stereocenters. The summed E-state index contributed by atoms with van der Waals surface area (Å²) in [7, 11) is 5.68. The second-order valence-electron chi connectivity index (χ2n) is 4.77. The van der Waals surface area contributed by atoms with E-state index in [0.29, 0.717) is 5.25 Å². The second kappa shape index (κ2) is 6.88. The Balaban J connectivity index is 0.000000771. The zero-order valence-corrected chi connectivity index (χ0v) is 13.8. The van der Waals surface area contributed by atoms with Crippen LogP contribution in [-0.2, 0) is 4.74 Å². The van der Waals surface area contributed by atoms with Gasteiger partial charge in [-0.15, -0.1) is 0 Å². The summed E-state index contributed by atoms with van der Waals surface area (Å²) in [5.41, 5.74) is 2.69. The van der Waals surface area contributed by atoms with Gasteiger partial charge in [0, 0.05) is 11.9 Å². The molecule has 0 bridgehead atoms. The lowest BCUT2D eigenvalue weighted by Crippen LogP contribution is -2.33. The summed E-state index contributed by atoms with van der Waals surface area (Å²) >= 11 is 0. The van der Waals surface area contributed by atoms with Crippen molar-refractivity contribution in [3.63, 3.8) is 0 Å². The molecule has 1 nitrogen and oxygen atoms in total. The number of aryl methyl sites for hydroxylation is 1. The number of rotatable bonds is 2. The van der Waals surface area contributed by atoms with Gasteiger partial charge in [-0.25, -0.2) is 0 Å². The fraction of sp³-hybridized carbons (Fsp3) is 0.600. The number of methoxy groups -OCH3 is 1. The molecule has 0 amide bonds. The molecule has 0 aliphatic carbocycles. The first-order valence-electron chi connectivity index (χ1n) is 6.48. The minimum Gasteiger partial charge on any atom is -0.378 e. The molecular formula is C15H24OS2. The van der Waals surface area contributed by atoms with Crippen LogP contribution < -0.4 is 0 Å². The van der Waals surface area contributed by atoms with Crippen LogP contribution in [0.25, 0.3) is 0 Å². The van der Waals surface area contributed by atoms with Gasteiger partial charge < -0.3 is 4.74 Å². The van der Waals surface area contributed by atoms with Gasteiger partial charge in [0.05, 0.1) is 11.4 Å². The molecule has 1 heterocycles. The van der Waals surface area contributed by atoms with E-state index in [-0.39, 0.29) is 10.9 Å². The Bertz CT molecular complexity index is 359. The van der Waals surface area contributed by atoms with Gasteiger partial charge in [-0.2, -0.15) is 0 Å². The number of benzene rings is 1. The third kappa shape index (κ3) is 3.46. The van der Waals surface area contributed by atoms with E-state index in [1.54, 1.807) is 0 Å². The quantitative estimate of drug-likeness (QED) is 0.686. The van der Waals surface area contributed by atoms with Crippen molar-refractivity contribution in [2.24, 2.45) is 0 Å². The van der Waals surface area contributed by atoms with Crippen LogP contribution in [0.1, 0.15) is 44.1 Å². The monoisotopic (exact) mass is 284 g/mol. The predicted molar refractivity (Wildman–Crippen MR) is 85.3 cm³/mol. The Hall–Kier alpha value is -0.120. The summed E-state index contributed by atoms with van der Waals surface area (Å²) in [4.78, 5) is 0. The maximum absolute atomic E-state index is 5.68. The normalized spacial score (nSPS) is 25.4. The molecule has 1 aliphatic rings. The maximum atomic E-state index is 5.68. The molecule has 0 radical (unpaired) electrons. The van der Waals surface area contributed by atoms with Gasteiger partial charge in [0.2, 0.25) is 0 Å². The number of hydrogen-bond donors (Lipinski definition) is 0. The first kappa shape index (κ1) is 15.9. The van der Waals surface area contributed by atoms with Gasteiger partial charge in [0.1, 0.15) is 0 Å². The van der Waals surface area contributed by atoms with Crippen LogP contribution >= 0.6 is 21.6 Å². The number of ether oxygens (including phenoxy) is 1. The maximum Gasteiger partial charge on any atom is 0.0888 e. The fourth-order valence-corrected chi connectivity index (χ4v) is 5.59. The molecule has 0 spiro atoms. The zero-order valence-electron chi connectivity index (χ0n) is 12.2. The Morgan fingerprint density at radius 3 is 2.17 bits per heavy atom. The van der Waals surface area contributed by atoms with Crippen LogP contribution in [-0.4, -0.2) is 18.0 Å². The van der Waals surface area contributed by atoms with E-state index in [0.717, 1.165) is 0 Å². The fourth-order valence-electron chi connectivity index (χ4n) is 2.03. The van der Waals surface area contributed by atoms with E-state index in [1.807, 2.05) is 42.5 Å². The molecule has 1 fully saturated rings. The smallest absolute Gasteiger partial charge is 0.0888 e. The molecule has 2 unspecified atom stereocenters. The van der Waals surface area contributed by atoms with Crippen molar-refractivity contribution in [1.29, 1.82) is 0 Å².